The Hall–Kier alpha value is -5.01. The number of fused-ring (bicyclic) bond motifs is 3. The minimum Gasteiger partial charge on any atom is -0.497 e. The molecule has 6 nitrogen and oxygen atoms in total. The van der Waals surface area contributed by atoms with Gasteiger partial charge in [-0.25, -0.2) is 0 Å². The van der Waals surface area contributed by atoms with Gasteiger partial charge in [0.2, 0.25) is 5.91 Å². The molecule has 0 aliphatic heterocycles. The fourth-order valence-electron chi connectivity index (χ4n) is 5.33. The van der Waals surface area contributed by atoms with E-state index >= 15 is 0 Å². The first-order valence-electron chi connectivity index (χ1n) is 14.1. The van der Waals surface area contributed by atoms with Crippen LogP contribution in [0.3, 0.4) is 0 Å². The summed E-state index contributed by atoms with van der Waals surface area (Å²) < 4.78 is 7.54. The first-order valence-corrected chi connectivity index (χ1v) is 15.0. The highest BCUT2D eigenvalue weighted by Crippen LogP contribution is 2.38. The second kappa shape index (κ2) is 12.5. The van der Waals surface area contributed by atoms with E-state index in [9.17, 15) is 9.59 Å². The topological polar surface area (TPSA) is 72.4 Å². The van der Waals surface area contributed by atoms with Crippen molar-refractivity contribution in [2.45, 2.75) is 23.6 Å². The number of ether oxygens (including phenoxy) is 1. The minimum absolute atomic E-state index is 0.124. The quantitative estimate of drug-likeness (QED) is 0.167. The molecule has 0 radical (unpaired) electrons. The van der Waals surface area contributed by atoms with E-state index in [0.717, 1.165) is 39.0 Å². The fraction of sp³-hybridized carbons (Fsp3) is 0.111. The van der Waals surface area contributed by atoms with Gasteiger partial charge in [0.05, 0.1) is 7.11 Å². The van der Waals surface area contributed by atoms with E-state index in [1.165, 1.54) is 17.3 Å². The SMILES string of the molecule is CCn1c2ccccc2c2cc(NC(=O)C(Sc3cccc(NC(=O)c4cccc(OC)c4)c3)c3ccccc3)ccc21. The third kappa shape index (κ3) is 5.98. The summed E-state index contributed by atoms with van der Waals surface area (Å²) in [6, 6.07) is 38.7. The number of para-hydroxylation sites is 1. The molecule has 1 heterocycles. The van der Waals surface area contributed by atoms with Gasteiger partial charge in [-0.1, -0.05) is 60.7 Å². The van der Waals surface area contributed by atoms with Crippen LogP contribution >= 0.6 is 11.8 Å². The van der Waals surface area contributed by atoms with Crippen molar-refractivity contribution in [3.63, 3.8) is 0 Å². The molecule has 214 valence electrons. The van der Waals surface area contributed by atoms with Crippen LogP contribution in [0.5, 0.6) is 5.75 Å². The number of benzene rings is 5. The van der Waals surface area contributed by atoms with Gasteiger partial charge in [-0.05, 0) is 73.2 Å². The summed E-state index contributed by atoms with van der Waals surface area (Å²) in [5.74, 6) is 0.253. The van der Waals surface area contributed by atoms with Crippen molar-refractivity contribution in [2.24, 2.45) is 0 Å². The van der Waals surface area contributed by atoms with Crippen LogP contribution in [0.1, 0.15) is 28.1 Å². The van der Waals surface area contributed by atoms with Crippen LogP contribution in [0.25, 0.3) is 21.8 Å². The number of nitrogens with one attached hydrogen (secondary N) is 2. The molecule has 1 atom stereocenters. The number of thioether (sulfide) groups is 1. The molecule has 0 bridgehead atoms. The number of rotatable bonds is 9. The first kappa shape index (κ1) is 28.1. The molecule has 6 aromatic rings. The van der Waals surface area contributed by atoms with Gasteiger partial charge in [0.15, 0.2) is 0 Å². The van der Waals surface area contributed by atoms with Gasteiger partial charge in [-0.2, -0.15) is 0 Å². The second-order valence-corrected chi connectivity index (χ2v) is 11.3. The normalized spacial score (nSPS) is 11.8. The number of aromatic nitrogens is 1. The lowest BCUT2D eigenvalue weighted by Gasteiger charge is -2.18. The lowest BCUT2D eigenvalue weighted by atomic mass is 10.1. The number of anilines is 2. The molecule has 6 rings (SSSR count). The highest BCUT2D eigenvalue weighted by atomic mass is 32.2. The van der Waals surface area contributed by atoms with E-state index in [1.807, 2.05) is 66.7 Å². The van der Waals surface area contributed by atoms with Gasteiger partial charge < -0.3 is 19.9 Å². The average molecular weight is 586 g/mol. The van der Waals surface area contributed by atoms with E-state index in [4.69, 9.17) is 4.74 Å². The van der Waals surface area contributed by atoms with Crippen molar-refractivity contribution in [1.29, 1.82) is 0 Å². The van der Waals surface area contributed by atoms with Crippen molar-refractivity contribution < 1.29 is 14.3 Å². The van der Waals surface area contributed by atoms with Crippen LogP contribution in [0.2, 0.25) is 0 Å². The molecule has 43 heavy (non-hydrogen) atoms. The Balaban J connectivity index is 1.25. The molecule has 0 aliphatic carbocycles. The van der Waals surface area contributed by atoms with E-state index in [0.29, 0.717) is 17.0 Å². The molecule has 7 heteroatoms. The highest BCUT2D eigenvalue weighted by Gasteiger charge is 2.23. The third-order valence-electron chi connectivity index (χ3n) is 7.37. The summed E-state index contributed by atoms with van der Waals surface area (Å²) >= 11 is 1.44. The number of hydrogen-bond acceptors (Lipinski definition) is 4. The van der Waals surface area contributed by atoms with Gasteiger partial charge in [0.1, 0.15) is 11.0 Å². The van der Waals surface area contributed by atoms with Crippen molar-refractivity contribution >= 4 is 56.8 Å². The molecule has 1 unspecified atom stereocenters. The molecule has 0 fully saturated rings. The maximum atomic E-state index is 13.9. The predicted molar refractivity (Wildman–Crippen MR) is 176 cm³/mol. The number of carbonyl (C=O) groups excluding carboxylic acids is 2. The molecule has 0 saturated carbocycles. The molecule has 0 saturated heterocycles. The van der Waals surface area contributed by atoms with Gasteiger partial charge in [0, 0.05) is 50.2 Å². The molecular weight excluding hydrogens is 554 g/mol. The first-order chi connectivity index (χ1) is 21.0. The van der Waals surface area contributed by atoms with Crippen molar-refractivity contribution in [3.05, 3.63) is 132 Å². The molecule has 0 aliphatic rings. The molecular formula is C36H31N3O3S. The van der Waals surface area contributed by atoms with Gasteiger partial charge in [0.25, 0.3) is 5.91 Å². The second-order valence-electron chi connectivity index (χ2n) is 10.1. The summed E-state index contributed by atoms with van der Waals surface area (Å²) in [5, 5.41) is 7.89. The monoisotopic (exact) mass is 585 g/mol. The van der Waals surface area contributed by atoms with Gasteiger partial charge >= 0.3 is 0 Å². The lowest BCUT2D eigenvalue weighted by molar-refractivity contribution is -0.115. The van der Waals surface area contributed by atoms with Crippen LogP contribution in [0.15, 0.2) is 126 Å². The molecule has 2 amide bonds. The summed E-state index contributed by atoms with van der Waals surface area (Å²) in [7, 11) is 1.57. The summed E-state index contributed by atoms with van der Waals surface area (Å²) in [6.45, 7) is 3.00. The lowest BCUT2D eigenvalue weighted by Crippen LogP contribution is -2.19. The van der Waals surface area contributed by atoms with Crippen LogP contribution in [0, 0.1) is 0 Å². The minimum atomic E-state index is -0.516. The number of methoxy groups -OCH3 is 1. The van der Waals surface area contributed by atoms with E-state index in [2.05, 4.69) is 52.5 Å². The maximum Gasteiger partial charge on any atom is 0.255 e. The fourth-order valence-corrected chi connectivity index (χ4v) is 6.42. The molecule has 1 aromatic heterocycles. The van der Waals surface area contributed by atoms with Crippen LogP contribution in [-0.2, 0) is 11.3 Å². The predicted octanol–water partition coefficient (Wildman–Crippen LogP) is 8.55. The Morgan fingerprint density at radius 1 is 0.744 bits per heavy atom. The molecule has 5 aromatic carbocycles. The van der Waals surface area contributed by atoms with Crippen molar-refractivity contribution in [3.8, 4) is 5.75 Å². The standard InChI is InChI=1S/C36H31N3O3S/c1-3-39-32-18-8-7-17-30(32)31-23-27(19-20-33(31)39)38-36(41)34(24-11-5-4-6-12-24)43-29-16-10-14-26(22-29)37-35(40)25-13-9-15-28(21-25)42-2/h4-23,34H,3H2,1-2H3,(H,37,40)(H,38,41). The van der Waals surface area contributed by atoms with E-state index < -0.39 is 5.25 Å². The summed E-state index contributed by atoms with van der Waals surface area (Å²) in [4.78, 5) is 27.6. The largest absolute Gasteiger partial charge is 0.497 e. The molecule has 0 spiro atoms. The highest BCUT2D eigenvalue weighted by molar-refractivity contribution is 8.00. The summed E-state index contributed by atoms with van der Waals surface area (Å²) in [5.41, 5.74) is 5.10. The number of amides is 2. The van der Waals surface area contributed by atoms with Gasteiger partial charge in [-0.3, -0.25) is 9.59 Å². The summed E-state index contributed by atoms with van der Waals surface area (Å²) in [6.07, 6.45) is 0. The Morgan fingerprint density at radius 2 is 1.49 bits per heavy atom. The zero-order chi connectivity index (χ0) is 29.8. The van der Waals surface area contributed by atoms with Crippen molar-refractivity contribution in [1.82, 2.24) is 4.57 Å². The number of nitrogens with zero attached hydrogens (tertiary/aromatic N) is 1. The van der Waals surface area contributed by atoms with Crippen LogP contribution in [0.4, 0.5) is 11.4 Å². The van der Waals surface area contributed by atoms with Gasteiger partial charge in [-0.15, -0.1) is 11.8 Å². The Bertz CT molecular complexity index is 1930. The Morgan fingerprint density at radius 3 is 2.30 bits per heavy atom. The average Bonchev–Trinajstić information content (AvgIpc) is 3.37. The van der Waals surface area contributed by atoms with Crippen LogP contribution < -0.4 is 15.4 Å². The van der Waals surface area contributed by atoms with Crippen LogP contribution in [-0.4, -0.2) is 23.5 Å². The number of hydrogen-bond donors (Lipinski definition) is 2. The molecule has 2 N–H and O–H groups in total. The van der Waals surface area contributed by atoms with E-state index in [1.54, 1.807) is 31.4 Å². The maximum absolute atomic E-state index is 13.9. The van der Waals surface area contributed by atoms with E-state index in [-0.39, 0.29) is 11.8 Å². The zero-order valence-corrected chi connectivity index (χ0v) is 24.7. The third-order valence-corrected chi connectivity index (χ3v) is 8.62. The smallest absolute Gasteiger partial charge is 0.255 e. The number of aryl methyl sites for hydroxylation is 1. The zero-order valence-electron chi connectivity index (χ0n) is 23.9. The van der Waals surface area contributed by atoms with Crippen molar-refractivity contribution in [2.75, 3.05) is 17.7 Å². The number of carbonyl (C=O) groups is 2. The Labute approximate surface area is 254 Å². The Kier molecular flexibility index (Phi) is 8.16.